The summed E-state index contributed by atoms with van der Waals surface area (Å²) in [7, 11) is 0. The van der Waals surface area contributed by atoms with Crippen LogP contribution in [0.25, 0.3) is 10.9 Å². The Morgan fingerprint density at radius 3 is 2.19 bits per heavy atom. The van der Waals surface area contributed by atoms with Crippen molar-refractivity contribution in [2.45, 2.75) is 63.7 Å². The molecule has 0 saturated heterocycles. The second-order valence-electron chi connectivity index (χ2n) is 9.32. The van der Waals surface area contributed by atoms with Crippen LogP contribution in [0.5, 0.6) is 0 Å². The van der Waals surface area contributed by atoms with Crippen LogP contribution in [0.4, 0.5) is 0 Å². The van der Waals surface area contributed by atoms with E-state index in [-0.39, 0.29) is 18.8 Å². The third kappa shape index (κ3) is 8.55. The van der Waals surface area contributed by atoms with Crippen LogP contribution in [0.1, 0.15) is 38.7 Å². The highest BCUT2D eigenvalue weighted by Crippen LogP contribution is 2.19. The number of nitrogens with one attached hydrogen (secondary N) is 4. The molecule has 0 spiro atoms. The molecule has 4 unspecified atom stereocenters. The van der Waals surface area contributed by atoms with Gasteiger partial charge in [-0.2, -0.15) is 0 Å². The lowest BCUT2D eigenvalue weighted by Gasteiger charge is -2.25. The zero-order valence-corrected chi connectivity index (χ0v) is 21.2. The van der Waals surface area contributed by atoms with E-state index in [0.29, 0.717) is 19.4 Å². The largest absolute Gasteiger partial charge is 0.480 e. The number of hydrogen-bond donors (Lipinski definition) is 8. The van der Waals surface area contributed by atoms with Gasteiger partial charge in [0.1, 0.15) is 18.1 Å². The van der Waals surface area contributed by atoms with Crippen LogP contribution in [0.2, 0.25) is 0 Å². The van der Waals surface area contributed by atoms with Crippen molar-refractivity contribution < 1.29 is 29.4 Å². The molecule has 1 aromatic carbocycles. The maximum absolute atomic E-state index is 13.3. The summed E-state index contributed by atoms with van der Waals surface area (Å²) < 4.78 is 0. The Morgan fingerprint density at radius 2 is 1.57 bits per heavy atom. The summed E-state index contributed by atoms with van der Waals surface area (Å²) in [5.74, 6) is -3.46. The van der Waals surface area contributed by atoms with Gasteiger partial charge in [0.2, 0.25) is 17.7 Å². The maximum atomic E-state index is 13.3. The molecule has 10 N–H and O–H groups in total. The Balaban J connectivity index is 2.29. The van der Waals surface area contributed by atoms with Gasteiger partial charge in [-0.3, -0.25) is 14.4 Å². The van der Waals surface area contributed by atoms with Crippen molar-refractivity contribution in [2.75, 3.05) is 13.2 Å². The number of para-hydroxylation sites is 1. The standard InChI is InChI=1S/C25H38N6O6/c1-14(2)21(27)24(35)29-18(9-5-6-10-26)22(33)30-19(23(34)31-20(13-32)25(36)37)11-15-12-28-17-8-4-3-7-16(15)17/h3-4,7-8,12,14,18-21,28,32H,5-6,9-11,13,26-27H2,1-2H3,(H,29,35)(H,30,33)(H,31,34)(H,36,37). The van der Waals surface area contributed by atoms with E-state index in [0.717, 1.165) is 16.5 Å². The first-order valence-corrected chi connectivity index (χ1v) is 12.3. The summed E-state index contributed by atoms with van der Waals surface area (Å²) in [6.45, 7) is 3.17. The summed E-state index contributed by atoms with van der Waals surface area (Å²) in [5, 5.41) is 27.0. The number of carbonyl (C=O) groups is 4. The summed E-state index contributed by atoms with van der Waals surface area (Å²) in [5.41, 5.74) is 13.1. The smallest absolute Gasteiger partial charge is 0.328 e. The van der Waals surface area contributed by atoms with E-state index in [1.807, 2.05) is 24.3 Å². The molecule has 0 aliphatic carbocycles. The van der Waals surface area contributed by atoms with Crippen molar-refractivity contribution in [3.8, 4) is 0 Å². The summed E-state index contributed by atoms with van der Waals surface area (Å²) in [6, 6.07) is 2.87. The lowest BCUT2D eigenvalue weighted by molar-refractivity contribution is -0.143. The summed E-state index contributed by atoms with van der Waals surface area (Å²) in [6.07, 6.45) is 3.20. The van der Waals surface area contributed by atoms with Crippen LogP contribution < -0.4 is 27.4 Å². The number of aliphatic hydroxyl groups excluding tert-OH is 1. The normalized spacial score (nSPS) is 14.5. The number of aliphatic hydroxyl groups is 1. The first kappa shape index (κ1) is 29.7. The van der Waals surface area contributed by atoms with Crippen LogP contribution in [0.3, 0.4) is 0 Å². The van der Waals surface area contributed by atoms with E-state index in [1.54, 1.807) is 20.0 Å². The second kappa shape index (κ2) is 14.3. The van der Waals surface area contributed by atoms with Gasteiger partial charge in [-0.15, -0.1) is 0 Å². The molecule has 12 heteroatoms. The molecule has 12 nitrogen and oxygen atoms in total. The van der Waals surface area contributed by atoms with Crippen molar-refractivity contribution in [2.24, 2.45) is 17.4 Å². The first-order valence-electron chi connectivity index (χ1n) is 12.3. The molecule has 204 valence electrons. The molecule has 3 amide bonds. The number of unbranched alkanes of at least 4 members (excludes halogenated alkanes) is 1. The molecular formula is C25H38N6O6. The van der Waals surface area contributed by atoms with Gasteiger partial charge in [0, 0.05) is 23.5 Å². The highest BCUT2D eigenvalue weighted by molar-refractivity contribution is 5.94. The monoisotopic (exact) mass is 518 g/mol. The van der Waals surface area contributed by atoms with Crippen LogP contribution >= 0.6 is 0 Å². The van der Waals surface area contributed by atoms with E-state index in [4.69, 9.17) is 11.5 Å². The van der Waals surface area contributed by atoms with E-state index in [1.165, 1.54) is 0 Å². The third-order valence-corrected chi connectivity index (χ3v) is 6.13. The predicted molar refractivity (Wildman–Crippen MR) is 138 cm³/mol. The predicted octanol–water partition coefficient (Wildman–Crippen LogP) is -0.646. The van der Waals surface area contributed by atoms with Gasteiger partial charge in [-0.1, -0.05) is 32.0 Å². The Hall–Kier alpha value is -3.48. The minimum Gasteiger partial charge on any atom is -0.480 e. The number of carboxylic acids is 1. The lowest BCUT2D eigenvalue weighted by Crippen LogP contribution is -2.58. The summed E-state index contributed by atoms with van der Waals surface area (Å²) >= 11 is 0. The maximum Gasteiger partial charge on any atom is 0.328 e. The molecule has 0 bridgehead atoms. The van der Waals surface area contributed by atoms with Crippen molar-refractivity contribution in [1.29, 1.82) is 0 Å². The average Bonchev–Trinajstić information content (AvgIpc) is 3.28. The van der Waals surface area contributed by atoms with E-state index in [2.05, 4.69) is 20.9 Å². The van der Waals surface area contributed by atoms with Gasteiger partial charge in [0.05, 0.1) is 12.6 Å². The molecular weight excluding hydrogens is 480 g/mol. The quantitative estimate of drug-likeness (QED) is 0.142. The van der Waals surface area contributed by atoms with E-state index < -0.39 is 54.5 Å². The van der Waals surface area contributed by atoms with Gasteiger partial charge < -0.3 is 42.6 Å². The number of aliphatic carboxylic acids is 1. The molecule has 0 aliphatic rings. The molecule has 0 aliphatic heterocycles. The van der Waals surface area contributed by atoms with Crippen molar-refractivity contribution in [1.82, 2.24) is 20.9 Å². The number of aromatic nitrogens is 1. The van der Waals surface area contributed by atoms with Gasteiger partial charge >= 0.3 is 5.97 Å². The number of H-pyrrole nitrogens is 1. The second-order valence-corrected chi connectivity index (χ2v) is 9.32. The fourth-order valence-electron chi connectivity index (χ4n) is 3.79. The van der Waals surface area contributed by atoms with Gasteiger partial charge in [-0.25, -0.2) is 4.79 Å². The van der Waals surface area contributed by atoms with Crippen LogP contribution in [-0.4, -0.2) is 76.2 Å². The van der Waals surface area contributed by atoms with Gasteiger partial charge in [0.25, 0.3) is 0 Å². The molecule has 2 aromatic rings. The number of rotatable bonds is 15. The molecule has 0 radical (unpaired) electrons. The van der Waals surface area contributed by atoms with Crippen LogP contribution in [0.15, 0.2) is 30.5 Å². The SMILES string of the molecule is CC(C)C(N)C(=O)NC(CCCCN)C(=O)NC(Cc1c[nH]c2ccccc12)C(=O)NC(CO)C(=O)O. The minimum absolute atomic E-state index is 0.0360. The lowest BCUT2D eigenvalue weighted by atomic mass is 10.0. The number of hydrogen-bond acceptors (Lipinski definition) is 7. The summed E-state index contributed by atoms with van der Waals surface area (Å²) in [4.78, 5) is 53.5. The highest BCUT2D eigenvalue weighted by atomic mass is 16.4. The Bertz CT molecular complexity index is 1070. The van der Waals surface area contributed by atoms with E-state index >= 15 is 0 Å². The number of amides is 3. The number of aromatic amines is 1. The molecule has 1 heterocycles. The fraction of sp³-hybridized carbons (Fsp3) is 0.520. The molecule has 0 saturated carbocycles. The van der Waals surface area contributed by atoms with Gasteiger partial charge in [-0.05, 0) is 43.4 Å². The molecule has 37 heavy (non-hydrogen) atoms. The Morgan fingerprint density at radius 1 is 0.946 bits per heavy atom. The Kier molecular flexibility index (Phi) is 11.5. The van der Waals surface area contributed by atoms with Crippen molar-refractivity contribution in [3.63, 3.8) is 0 Å². The molecule has 0 fully saturated rings. The number of fused-ring (bicyclic) bond motifs is 1. The zero-order chi connectivity index (χ0) is 27.5. The number of carboxylic acid groups (broad SMARTS) is 1. The Labute approximate surface area is 215 Å². The molecule has 1 aromatic heterocycles. The first-order chi connectivity index (χ1) is 17.6. The average molecular weight is 519 g/mol. The third-order valence-electron chi connectivity index (χ3n) is 6.13. The molecule has 4 atom stereocenters. The van der Waals surface area contributed by atoms with Crippen LogP contribution in [0, 0.1) is 5.92 Å². The van der Waals surface area contributed by atoms with E-state index in [9.17, 15) is 29.4 Å². The van der Waals surface area contributed by atoms with Crippen molar-refractivity contribution >= 4 is 34.6 Å². The van der Waals surface area contributed by atoms with Gasteiger partial charge in [0.15, 0.2) is 0 Å². The minimum atomic E-state index is -1.54. The number of nitrogens with two attached hydrogens (primary N) is 2. The highest BCUT2D eigenvalue weighted by Gasteiger charge is 2.31. The number of carbonyl (C=O) groups excluding carboxylic acids is 3. The number of benzene rings is 1. The van der Waals surface area contributed by atoms with Crippen molar-refractivity contribution in [3.05, 3.63) is 36.0 Å². The molecule has 2 rings (SSSR count). The fourth-order valence-corrected chi connectivity index (χ4v) is 3.79. The zero-order valence-electron chi connectivity index (χ0n) is 21.2. The topological polar surface area (TPSA) is 213 Å². The van der Waals surface area contributed by atoms with Crippen LogP contribution in [-0.2, 0) is 25.6 Å².